The molecule has 0 amide bonds. The maximum absolute atomic E-state index is 5.67. The molecule has 0 fully saturated rings. The van der Waals surface area contributed by atoms with Crippen LogP contribution in [0.3, 0.4) is 0 Å². The lowest BCUT2D eigenvalue weighted by Crippen LogP contribution is -2.16. The van der Waals surface area contributed by atoms with Crippen LogP contribution in [0.4, 0.5) is 0 Å². The third-order valence-electron chi connectivity index (χ3n) is 2.93. The number of furan rings is 1. The Hall–Kier alpha value is -1.10. The van der Waals surface area contributed by atoms with Crippen LogP contribution in [-0.4, -0.2) is 11.9 Å². The largest absolute Gasteiger partial charge is 0.465 e. The van der Waals surface area contributed by atoms with Crippen LogP contribution in [0, 0.1) is 13.8 Å². The van der Waals surface area contributed by atoms with Crippen LogP contribution in [0.2, 0.25) is 0 Å². The highest BCUT2D eigenvalue weighted by Crippen LogP contribution is 2.22. The summed E-state index contributed by atoms with van der Waals surface area (Å²) in [6.45, 7) is 6.53. The second-order valence-electron chi connectivity index (χ2n) is 4.68. The van der Waals surface area contributed by atoms with Crippen LogP contribution in [0.15, 0.2) is 22.6 Å². The van der Waals surface area contributed by atoms with Gasteiger partial charge in [-0.3, -0.25) is 4.90 Å². The van der Waals surface area contributed by atoms with E-state index in [4.69, 9.17) is 10.2 Å². The molecule has 2 rings (SSSR count). The van der Waals surface area contributed by atoms with E-state index in [-0.39, 0.29) is 0 Å². The molecular weight excluding hydrogens is 244 g/mol. The van der Waals surface area contributed by atoms with Crippen LogP contribution in [0.1, 0.15) is 26.8 Å². The summed E-state index contributed by atoms with van der Waals surface area (Å²) in [6.07, 6.45) is 0. The first-order valence-electron chi connectivity index (χ1n) is 6.10. The van der Waals surface area contributed by atoms with Gasteiger partial charge in [0.05, 0.1) is 6.54 Å². The molecule has 0 aliphatic rings. The Morgan fingerprint density at radius 3 is 2.61 bits per heavy atom. The fourth-order valence-electron chi connectivity index (χ4n) is 2.03. The van der Waals surface area contributed by atoms with Gasteiger partial charge in [0.25, 0.3) is 0 Å². The summed E-state index contributed by atoms with van der Waals surface area (Å²) in [4.78, 5) is 4.87. The van der Waals surface area contributed by atoms with Gasteiger partial charge in [0.1, 0.15) is 11.5 Å². The van der Waals surface area contributed by atoms with Gasteiger partial charge >= 0.3 is 0 Å². The summed E-state index contributed by atoms with van der Waals surface area (Å²) in [5.74, 6) is 1.98. The molecule has 2 heterocycles. The van der Waals surface area contributed by atoms with E-state index in [1.54, 1.807) is 11.3 Å². The number of hydrogen-bond acceptors (Lipinski definition) is 4. The van der Waals surface area contributed by atoms with Gasteiger partial charge in [-0.25, -0.2) is 0 Å². The average Bonchev–Trinajstić information content (AvgIpc) is 2.86. The van der Waals surface area contributed by atoms with Gasteiger partial charge in [0, 0.05) is 22.8 Å². The van der Waals surface area contributed by atoms with E-state index in [1.165, 1.54) is 15.3 Å². The van der Waals surface area contributed by atoms with Crippen molar-refractivity contribution in [1.29, 1.82) is 0 Å². The lowest BCUT2D eigenvalue weighted by molar-refractivity contribution is 0.285. The summed E-state index contributed by atoms with van der Waals surface area (Å²) < 4.78 is 5.59. The van der Waals surface area contributed by atoms with Crippen LogP contribution in [0.5, 0.6) is 0 Å². The van der Waals surface area contributed by atoms with Crippen molar-refractivity contribution in [3.8, 4) is 0 Å². The molecule has 2 aromatic rings. The first-order valence-corrected chi connectivity index (χ1v) is 6.92. The number of aryl methyl sites for hydroxylation is 2. The molecule has 0 aliphatic carbocycles. The van der Waals surface area contributed by atoms with E-state index in [1.807, 2.05) is 19.1 Å². The molecule has 98 valence electrons. The second kappa shape index (κ2) is 5.69. The topological polar surface area (TPSA) is 42.4 Å². The normalized spacial score (nSPS) is 11.4. The second-order valence-corrected chi connectivity index (χ2v) is 6.02. The summed E-state index contributed by atoms with van der Waals surface area (Å²) >= 11 is 1.79. The van der Waals surface area contributed by atoms with Gasteiger partial charge in [0.2, 0.25) is 0 Å². The maximum Gasteiger partial charge on any atom is 0.118 e. The monoisotopic (exact) mass is 264 g/mol. The van der Waals surface area contributed by atoms with E-state index in [9.17, 15) is 0 Å². The average molecular weight is 264 g/mol. The van der Waals surface area contributed by atoms with Gasteiger partial charge in [-0.2, -0.15) is 0 Å². The minimum absolute atomic E-state index is 0.632. The fraction of sp³-hybridized carbons (Fsp3) is 0.429. The van der Waals surface area contributed by atoms with Gasteiger partial charge in [-0.05, 0) is 44.7 Å². The Balaban J connectivity index is 1.98. The standard InChI is InChI=1S/C14H20N2OS/c1-10-4-5-13(17-10)9-16(3)8-12-6-14(7-15)18-11(12)2/h4-6H,7-9,15H2,1-3H3. The van der Waals surface area contributed by atoms with E-state index in [0.717, 1.165) is 24.6 Å². The number of hydrogen-bond donors (Lipinski definition) is 1. The van der Waals surface area contributed by atoms with E-state index in [2.05, 4.69) is 24.9 Å². The first kappa shape index (κ1) is 13.3. The van der Waals surface area contributed by atoms with Crippen molar-refractivity contribution >= 4 is 11.3 Å². The van der Waals surface area contributed by atoms with Crippen molar-refractivity contribution < 1.29 is 4.42 Å². The Morgan fingerprint density at radius 2 is 2.06 bits per heavy atom. The third kappa shape index (κ3) is 3.22. The Morgan fingerprint density at radius 1 is 1.28 bits per heavy atom. The van der Waals surface area contributed by atoms with Gasteiger partial charge in [-0.15, -0.1) is 11.3 Å². The van der Waals surface area contributed by atoms with E-state index >= 15 is 0 Å². The molecule has 0 saturated carbocycles. The summed E-state index contributed by atoms with van der Waals surface area (Å²) in [6, 6.07) is 6.26. The predicted molar refractivity (Wildman–Crippen MR) is 75.6 cm³/mol. The van der Waals surface area contributed by atoms with Crippen molar-refractivity contribution in [2.75, 3.05) is 7.05 Å². The maximum atomic E-state index is 5.67. The quantitative estimate of drug-likeness (QED) is 0.902. The number of thiophene rings is 1. The Labute approximate surface area is 112 Å². The highest BCUT2D eigenvalue weighted by molar-refractivity contribution is 7.12. The molecule has 2 aromatic heterocycles. The smallest absolute Gasteiger partial charge is 0.118 e. The SMILES string of the molecule is Cc1ccc(CN(C)Cc2cc(CN)sc2C)o1. The Kier molecular flexibility index (Phi) is 4.22. The van der Waals surface area contributed by atoms with Crippen LogP contribution in [0.25, 0.3) is 0 Å². The highest BCUT2D eigenvalue weighted by atomic mass is 32.1. The van der Waals surface area contributed by atoms with Crippen molar-refractivity contribution in [3.05, 3.63) is 45.0 Å². The molecule has 18 heavy (non-hydrogen) atoms. The molecule has 0 saturated heterocycles. The third-order valence-corrected chi connectivity index (χ3v) is 4.05. The molecule has 0 aromatic carbocycles. The molecule has 0 bridgehead atoms. The van der Waals surface area contributed by atoms with E-state index in [0.29, 0.717) is 6.54 Å². The lowest BCUT2D eigenvalue weighted by Gasteiger charge is -2.14. The van der Waals surface area contributed by atoms with Crippen molar-refractivity contribution in [1.82, 2.24) is 4.90 Å². The van der Waals surface area contributed by atoms with Crippen molar-refractivity contribution in [3.63, 3.8) is 0 Å². The summed E-state index contributed by atoms with van der Waals surface area (Å²) in [7, 11) is 2.11. The Bertz CT molecular complexity index is 516. The van der Waals surface area contributed by atoms with Crippen LogP contribution in [-0.2, 0) is 19.6 Å². The fourth-order valence-corrected chi connectivity index (χ4v) is 2.96. The van der Waals surface area contributed by atoms with Crippen molar-refractivity contribution in [2.45, 2.75) is 33.5 Å². The minimum Gasteiger partial charge on any atom is -0.465 e. The molecule has 0 aliphatic heterocycles. The molecule has 0 radical (unpaired) electrons. The summed E-state index contributed by atoms with van der Waals surface area (Å²) in [5, 5.41) is 0. The molecule has 3 nitrogen and oxygen atoms in total. The minimum atomic E-state index is 0.632. The van der Waals surface area contributed by atoms with Gasteiger partial charge < -0.3 is 10.2 Å². The number of nitrogens with zero attached hydrogens (tertiary/aromatic N) is 1. The predicted octanol–water partition coefficient (Wildman–Crippen LogP) is 3.05. The highest BCUT2D eigenvalue weighted by Gasteiger charge is 2.09. The van der Waals surface area contributed by atoms with E-state index < -0.39 is 0 Å². The zero-order valence-electron chi connectivity index (χ0n) is 11.2. The molecular formula is C14H20N2OS. The zero-order chi connectivity index (χ0) is 13.1. The van der Waals surface area contributed by atoms with Gasteiger partial charge in [0.15, 0.2) is 0 Å². The summed E-state index contributed by atoms with van der Waals surface area (Å²) in [5.41, 5.74) is 7.04. The molecule has 2 N–H and O–H groups in total. The lowest BCUT2D eigenvalue weighted by atomic mass is 10.2. The van der Waals surface area contributed by atoms with Crippen molar-refractivity contribution in [2.24, 2.45) is 5.73 Å². The zero-order valence-corrected chi connectivity index (χ0v) is 12.0. The number of rotatable bonds is 5. The van der Waals surface area contributed by atoms with Crippen LogP contribution >= 0.6 is 11.3 Å². The van der Waals surface area contributed by atoms with Crippen LogP contribution < -0.4 is 5.73 Å². The molecule has 0 unspecified atom stereocenters. The first-order chi connectivity index (χ1) is 8.58. The molecule has 4 heteroatoms. The van der Waals surface area contributed by atoms with Gasteiger partial charge in [-0.1, -0.05) is 0 Å². The molecule has 0 spiro atoms. The molecule has 0 atom stereocenters. The number of nitrogens with two attached hydrogens (primary N) is 1.